The molecule has 3 aliphatic heterocycles. The van der Waals surface area contributed by atoms with Gasteiger partial charge in [0.05, 0.1) is 42.5 Å². The predicted molar refractivity (Wildman–Crippen MR) is 402 cm³/mol. The van der Waals surface area contributed by atoms with Gasteiger partial charge >= 0.3 is 23.9 Å². The summed E-state index contributed by atoms with van der Waals surface area (Å²) in [5.41, 5.74) is 3.95. The molecular formula is C76H94N14O20. The van der Waals surface area contributed by atoms with Crippen LogP contribution in [0.3, 0.4) is 0 Å². The number of carbonyl (C=O) groups excluding carboxylic acids is 9. The molecule has 2 fully saturated rings. The first kappa shape index (κ1) is 85.5. The molecule has 34 nitrogen and oxygen atoms in total. The first-order valence-electron chi connectivity index (χ1n) is 35.6. The lowest BCUT2D eigenvalue weighted by atomic mass is 9.89. The van der Waals surface area contributed by atoms with Gasteiger partial charge in [0.1, 0.15) is 59.3 Å². The highest BCUT2D eigenvalue weighted by Crippen LogP contribution is 2.29. The third-order valence-corrected chi connectivity index (χ3v) is 18.8. The Labute approximate surface area is 632 Å². The normalized spacial score (nSPS) is 19.5. The van der Waals surface area contributed by atoms with Crippen molar-refractivity contribution in [2.24, 2.45) is 36.8 Å². The molecule has 588 valence electrons. The number of aliphatic hydroxyl groups is 1. The van der Waals surface area contributed by atoms with E-state index < -0.39 is 134 Å². The second-order valence-corrected chi connectivity index (χ2v) is 29.0. The van der Waals surface area contributed by atoms with E-state index in [4.69, 9.17) is 4.74 Å². The van der Waals surface area contributed by atoms with E-state index in [0.717, 1.165) is 12.1 Å². The first-order chi connectivity index (χ1) is 51.5. The van der Waals surface area contributed by atoms with Crippen LogP contribution >= 0.6 is 0 Å². The van der Waals surface area contributed by atoms with E-state index in [1.807, 2.05) is 13.8 Å². The number of hydrogen-bond donors (Lipinski definition) is 8. The minimum Gasteiger partial charge on any atom is -0.480 e. The summed E-state index contributed by atoms with van der Waals surface area (Å²) < 4.78 is 13.1. The second-order valence-electron chi connectivity index (χ2n) is 29.0. The highest BCUT2D eigenvalue weighted by molar-refractivity contribution is 6.07. The Morgan fingerprint density at radius 3 is 1.89 bits per heavy atom. The van der Waals surface area contributed by atoms with Crippen molar-refractivity contribution < 1.29 is 77.5 Å². The van der Waals surface area contributed by atoms with Gasteiger partial charge in [0, 0.05) is 39.3 Å². The number of carboxylic acids is 1. The van der Waals surface area contributed by atoms with Crippen molar-refractivity contribution in [1.29, 1.82) is 0 Å². The number of rotatable bonds is 15. The molecule has 8 atom stereocenters. The number of aryl methyl sites for hydroxylation is 2. The van der Waals surface area contributed by atoms with E-state index in [-0.39, 0.29) is 62.8 Å². The van der Waals surface area contributed by atoms with E-state index in [1.165, 1.54) is 71.1 Å². The number of ether oxygens (including phenoxy) is 2. The van der Waals surface area contributed by atoms with Crippen molar-refractivity contribution in [3.05, 3.63) is 171 Å². The highest BCUT2D eigenvalue weighted by atomic mass is 16.6. The molecule has 6 aromatic rings. The third kappa shape index (κ3) is 20.5. The molecule has 1 unspecified atom stereocenters. The van der Waals surface area contributed by atoms with Crippen molar-refractivity contribution in [3.63, 3.8) is 0 Å². The standard InChI is InChI=1S/C30H42N6O7.C30H40N6O6.C16H12N2O7/c1-16(2)23(25(38)31-17(3)26(39)36-14-8-9-21(34-36)28(41)42)33-29(43)30(5,6)13-12-19-10-11-20-22(15-19)32-24(18(4)37)35(7)27(20)40;1-16(2)23-25(37)31-17(3)26(38)36-14-8-9-21(34-36)28(40)42-18(4)24-32-22-15-19(10-11-20(22)27(39)35(24)7)12-13-30(5,6)29(41)33-23;1-9-5-3-7-11(17(21)22)13(9)15(19)25-16(20)14-10(2)6-4-8-12(14)18(23)24/h10-13,15-18,21,23,34,37H,8-9,14H2,1-7H3,(H,31,38)(H,33,43)(H,41,42);10-13,15-18,21,23,34H,8-9,14H2,1-7H3,(H,31,37)(H,33,41);3-8H,1-2H3/b2*13-12+;/t17-,18+,21-,23-;17-,18+,21?,23-;/m00./s1. The lowest BCUT2D eigenvalue weighted by Crippen LogP contribution is -2.61. The smallest absolute Gasteiger partial charge is 0.353 e. The minimum absolute atomic E-state index is 0.240. The van der Waals surface area contributed by atoms with Crippen LogP contribution in [0, 0.1) is 56.7 Å². The zero-order valence-electron chi connectivity index (χ0n) is 64.1. The number of benzene rings is 4. The molecule has 110 heavy (non-hydrogen) atoms. The Bertz CT molecular complexity index is 4740. The molecule has 0 spiro atoms. The van der Waals surface area contributed by atoms with Gasteiger partial charge in [-0.15, -0.1) is 0 Å². The van der Waals surface area contributed by atoms with Crippen molar-refractivity contribution >= 4 is 105 Å². The number of cyclic esters (lactones) is 1. The number of nitro benzene ring substituents is 2. The Morgan fingerprint density at radius 2 is 1.33 bits per heavy atom. The van der Waals surface area contributed by atoms with E-state index in [2.05, 4.69) is 46.8 Å². The molecule has 9 rings (SSSR count). The van der Waals surface area contributed by atoms with Crippen LogP contribution in [0.1, 0.15) is 176 Å². The SMILES string of the molecule is CC(C)[C@@H]1NC(=O)C(C)(C)/C=C/c2ccc3c(=O)n(C)c(nc3c2)[C@@H](C)OC(=O)C2CCCN(N2)C(=O)[C@H](C)NC1=O.CC(C)[C@H](NC(=O)C(C)(C)/C=C/c1ccc2c(=O)n(C)c([C@@H](C)O)nc2c1)C(=O)N[C@@H](C)C(=O)N1CCC[C@@H](C(=O)O)N1.Cc1cccc([N+](=O)[O-])c1C(=O)OC(=O)c1c(C)cccc1[N+](=O)[O-]. The van der Waals surface area contributed by atoms with Gasteiger partial charge < -0.3 is 41.0 Å². The van der Waals surface area contributed by atoms with Crippen LogP contribution in [0.4, 0.5) is 11.4 Å². The molecule has 34 heteroatoms. The molecular weight excluding hydrogens is 1430 g/mol. The molecule has 2 aromatic heterocycles. The molecule has 0 saturated carbocycles. The van der Waals surface area contributed by atoms with Gasteiger partial charge in [-0.25, -0.2) is 30.4 Å². The van der Waals surface area contributed by atoms with Crippen LogP contribution in [-0.2, 0) is 61.9 Å². The number of hydrogen-bond acceptors (Lipinski definition) is 23. The average Bonchev–Trinajstić information content (AvgIpc) is 0.822. The van der Waals surface area contributed by atoms with Gasteiger partial charge in [-0.05, 0) is 153 Å². The van der Waals surface area contributed by atoms with Crippen molar-refractivity contribution in [2.75, 3.05) is 13.1 Å². The number of hydrazine groups is 2. The lowest BCUT2D eigenvalue weighted by molar-refractivity contribution is -0.385. The number of aliphatic hydroxyl groups excluding tert-OH is 1. The molecule has 4 aromatic carbocycles. The Morgan fingerprint density at radius 1 is 0.755 bits per heavy atom. The summed E-state index contributed by atoms with van der Waals surface area (Å²) in [6.07, 6.45) is 6.99. The quantitative estimate of drug-likeness (QED) is 0.0249. The fourth-order valence-corrected chi connectivity index (χ4v) is 12.1. The van der Waals surface area contributed by atoms with Crippen LogP contribution in [0.2, 0.25) is 0 Å². The summed E-state index contributed by atoms with van der Waals surface area (Å²) >= 11 is 0. The zero-order valence-corrected chi connectivity index (χ0v) is 64.1. The molecule has 0 aliphatic carbocycles. The molecule has 5 bridgehead atoms. The van der Waals surface area contributed by atoms with E-state index in [0.29, 0.717) is 71.7 Å². The third-order valence-electron chi connectivity index (χ3n) is 18.8. The summed E-state index contributed by atoms with van der Waals surface area (Å²) in [7, 11) is 3.13. The molecule has 3 aliphatic rings. The van der Waals surface area contributed by atoms with E-state index >= 15 is 0 Å². The number of nitrogens with one attached hydrogen (secondary N) is 6. The van der Waals surface area contributed by atoms with Crippen molar-refractivity contribution in [3.8, 4) is 0 Å². The van der Waals surface area contributed by atoms with Crippen molar-refractivity contribution in [2.45, 2.75) is 171 Å². The number of nitro groups is 2. The van der Waals surface area contributed by atoms with Gasteiger partial charge in [0.15, 0.2) is 11.9 Å². The molecule has 5 heterocycles. The fraction of sp³-hybridized carbons (Fsp3) is 0.447. The van der Waals surface area contributed by atoms with E-state index in [9.17, 15) is 88.0 Å². The van der Waals surface area contributed by atoms with Gasteiger partial charge in [-0.3, -0.25) is 87.3 Å². The molecule has 2 saturated heterocycles. The number of aliphatic carboxylic acids is 1. The molecule has 8 N–H and O–H groups in total. The monoisotopic (exact) mass is 1520 g/mol. The Balaban J connectivity index is 0.000000238. The number of carbonyl (C=O) groups is 10. The second kappa shape index (κ2) is 36.0. The first-order valence-corrected chi connectivity index (χ1v) is 35.6. The average molecular weight is 1520 g/mol. The van der Waals surface area contributed by atoms with Gasteiger partial charge in [0.25, 0.3) is 34.3 Å². The maximum absolute atomic E-state index is 13.3. The summed E-state index contributed by atoms with van der Waals surface area (Å²) in [5, 5.41) is 55.7. The maximum atomic E-state index is 13.3. The van der Waals surface area contributed by atoms with Gasteiger partial charge in [-0.1, -0.05) is 88.4 Å². The number of fused-ring (bicyclic) bond motifs is 5. The number of nitrogens with zero attached hydrogens (tertiary/aromatic N) is 8. The van der Waals surface area contributed by atoms with Crippen LogP contribution in [-0.4, -0.2) is 158 Å². The predicted octanol–water partition coefficient (Wildman–Crippen LogP) is 6.10. The summed E-state index contributed by atoms with van der Waals surface area (Å²) in [4.78, 5) is 184. The summed E-state index contributed by atoms with van der Waals surface area (Å²) in [6, 6.07) is 12.8. The number of carboxylic acid groups (broad SMARTS) is 1. The maximum Gasteiger partial charge on any atom is 0.353 e. The number of aromatic nitrogens is 4. The summed E-state index contributed by atoms with van der Waals surface area (Å²) in [6.45, 7) is 23.8. The fourth-order valence-electron chi connectivity index (χ4n) is 12.1. The largest absolute Gasteiger partial charge is 0.480 e. The van der Waals surface area contributed by atoms with E-state index in [1.54, 1.807) is 130 Å². The lowest BCUT2D eigenvalue weighted by Gasteiger charge is -2.35. The minimum atomic E-state index is -1.24. The van der Waals surface area contributed by atoms with Crippen LogP contribution in [0.15, 0.2) is 94.5 Å². The highest BCUT2D eigenvalue weighted by Gasteiger charge is 2.39. The van der Waals surface area contributed by atoms with Gasteiger partial charge in [-0.2, -0.15) is 0 Å². The Kier molecular flexibility index (Phi) is 27.9. The summed E-state index contributed by atoms with van der Waals surface area (Å²) in [5.74, 6) is -6.86. The molecule has 0 radical (unpaired) electrons. The van der Waals surface area contributed by atoms with Crippen LogP contribution in [0.25, 0.3) is 34.0 Å². The van der Waals surface area contributed by atoms with Crippen molar-refractivity contribution in [1.82, 2.24) is 61.2 Å². The Hall–Kier alpha value is -11.8. The topological polar surface area (TPSA) is 464 Å². The molecule has 6 amide bonds. The van der Waals surface area contributed by atoms with Gasteiger partial charge in [0.2, 0.25) is 23.6 Å². The zero-order chi connectivity index (χ0) is 81.9. The van der Waals surface area contributed by atoms with Crippen LogP contribution < -0.4 is 43.2 Å². The number of esters is 3. The number of amides is 6. The van der Waals surface area contributed by atoms with Crippen LogP contribution in [0.5, 0.6) is 0 Å².